The van der Waals surface area contributed by atoms with Crippen LogP contribution in [-0.2, 0) is 4.79 Å². The first-order chi connectivity index (χ1) is 6.13. The van der Waals surface area contributed by atoms with Gasteiger partial charge in [-0.25, -0.2) is 0 Å². The summed E-state index contributed by atoms with van der Waals surface area (Å²) in [4.78, 5) is 13.5. The molecule has 1 saturated heterocycles. The van der Waals surface area contributed by atoms with Gasteiger partial charge in [-0.3, -0.25) is 4.79 Å². The fourth-order valence-corrected chi connectivity index (χ4v) is 2.66. The molecule has 0 spiro atoms. The van der Waals surface area contributed by atoms with Gasteiger partial charge in [0.25, 0.3) is 0 Å². The number of hydrogen-bond donors (Lipinski definition) is 0. The summed E-state index contributed by atoms with van der Waals surface area (Å²) in [7, 11) is -0.589. The summed E-state index contributed by atoms with van der Waals surface area (Å²) < 4.78 is 0. The van der Waals surface area contributed by atoms with Crippen LogP contribution in [0.15, 0.2) is 0 Å². The van der Waals surface area contributed by atoms with Gasteiger partial charge in [0.1, 0.15) is 0 Å². The number of carbonyl (C=O) groups excluding carboxylic acids is 1. The van der Waals surface area contributed by atoms with Crippen LogP contribution in [0.5, 0.6) is 0 Å². The van der Waals surface area contributed by atoms with E-state index in [1.54, 1.807) is 0 Å². The summed E-state index contributed by atoms with van der Waals surface area (Å²) in [5.41, 5.74) is 0. The standard InChI is InChI=1S/C9H17ClNOSi/c1-13(2)9(10)11-7-5-3-4-6-8(11)12/h9H,3-7H2,1-2H3. The molecule has 0 aromatic heterocycles. The molecule has 0 aromatic carbocycles. The molecule has 0 saturated carbocycles. The number of halogens is 1. The van der Waals surface area contributed by atoms with Crippen LogP contribution in [0.4, 0.5) is 0 Å². The summed E-state index contributed by atoms with van der Waals surface area (Å²) in [5, 5.41) is -0.0180. The second-order valence-corrected chi connectivity index (χ2v) is 7.29. The molecule has 4 heteroatoms. The third-order valence-corrected chi connectivity index (χ3v) is 5.17. The van der Waals surface area contributed by atoms with E-state index in [1.807, 2.05) is 4.90 Å². The Morgan fingerprint density at radius 2 is 2.08 bits per heavy atom. The van der Waals surface area contributed by atoms with E-state index in [1.165, 1.54) is 6.42 Å². The second kappa shape index (κ2) is 5.01. The maximum absolute atomic E-state index is 11.6. The van der Waals surface area contributed by atoms with Crippen LogP contribution in [-0.4, -0.2) is 31.3 Å². The van der Waals surface area contributed by atoms with E-state index in [0.29, 0.717) is 6.42 Å². The minimum atomic E-state index is -0.589. The molecule has 0 bridgehead atoms. The Labute approximate surface area is 86.9 Å². The van der Waals surface area contributed by atoms with Gasteiger partial charge < -0.3 is 4.90 Å². The smallest absolute Gasteiger partial charge is 0.223 e. The fraction of sp³-hybridized carbons (Fsp3) is 0.889. The lowest BCUT2D eigenvalue weighted by Crippen LogP contribution is -2.43. The Hall–Kier alpha value is -0.0231. The summed E-state index contributed by atoms with van der Waals surface area (Å²) in [6.07, 6.45) is 4.01. The lowest BCUT2D eigenvalue weighted by atomic mass is 10.2. The first-order valence-electron chi connectivity index (χ1n) is 4.86. The largest absolute Gasteiger partial charge is 0.330 e. The average Bonchev–Trinajstić information content (AvgIpc) is 2.28. The summed E-state index contributed by atoms with van der Waals surface area (Å²) in [6, 6.07) is 0. The molecule has 0 aromatic rings. The Morgan fingerprint density at radius 3 is 2.69 bits per heavy atom. The molecule has 0 N–H and O–H groups in total. The van der Waals surface area contributed by atoms with Gasteiger partial charge in [-0.15, -0.1) is 11.6 Å². The van der Waals surface area contributed by atoms with Crippen LogP contribution in [0.25, 0.3) is 0 Å². The highest BCUT2D eigenvalue weighted by Crippen LogP contribution is 2.17. The van der Waals surface area contributed by atoms with Crippen LogP contribution in [0.3, 0.4) is 0 Å². The van der Waals surface area contributed by atoms with E-state index in [2.05, 4.69) is 13.1 Å². The van der Waals surface area contributed by atoms with Crippen molar-refractivity contribution in [3.8, 4) is 0 Å². The molecular weight excluding hydrogens is 202 g/mol. The van der Waals surface area contributed by atoms with Gasteiger partial charge in [0.2, 0.25) is 5.91 Å². The molecule has 1 aliphatic heterocycles. The number of carbonyl (C=O) groups is 1. The van der Waals surface area contributed by atoms with Crippen molar-refractivity contribution in [3.63, 3.8) is 0 Å². The molecule has 0 aliphatic carbocycles. The van der Waals surface area contributed by atoms with E-state index in [-0.39, 0.29) is 11.0 Å². The maximum atomic E-state index is 11.6. The number of rotatable bonds is 2. The number of likely N-dealkylation sites (tertiary alicyclic amines) is 1. The summed E-state index contributed by atoms with van der Waals surface area (Å²) >= 11 is 6.21. The number of nitrogens with zero attached hydrogens (tertiary/aromatic N) is 1. The molecular formula is C9H17ClNOSi. The predicted molar refractivity (Wildman–Crippen MR) is 57.3 cm³/mol. The first kappa shape index (κ1) is 11.1. The molecule has 1 fully saturated rings. The molecule has 1 heterocycles. The quantitative estimate of drug-likeness (QED) is 0.396. The van der Waals surface area contributed by atoms with Crippen molar-refractivity contribution < 1.29 is 4.79 Å². The Bertz CT molecular complexity index is 186. The van der Waals surface area contributed by atoms with Gasteiger partial charge in [0.15, 0.2) is 0 Å². The molecule has 1 radical (unpaired) electrons. The number of alkyl halides is 1. The number of amides is 1. The van der Waals surface area contributed by atoms with Gasteiger partial charge in [0, 0.05) is 13.0 Å². The highest BCUT2D eigenvalue weighted by Gasteiger charge is 2.25. The van der Waals surface area contributed by atoms with Crippen molar-refractivity contribution in [2.45, 2.75) is 43.9 Å². The van der Waals surface area contributed by atoms with Crippen molar-refractivity contribution in [2.24, 2.45) is 0 Å². The van der Waals surface area contributed by atoms with Crippen molar-refractivity contribution in [2.75, 3.05) is 6.54 Å². The molecule has 1 aliphatic rings. The lowest BCUT2D eigenvalue weighted by molar-refractivity contribution is -0.130. The average molecular weight is 219 g/mol. The second-order valence-electron chi connectivity index (χ2n) is 3.81. The molecule has 13 heavy (non-hydrogen) atoms. The molecule has 1 atom stereocenters. The van der Waals surface area contributed by atoms with E-state index >= 15 is 0 Å². The zero-order valence-corrected chi connectivity index (χ0v) is 10.1. The van der Waals surface area contributed by atoms with E-state index in [4.69, 9.17) is 11.6 Å². The Morgan fingerprint density at radius 1 is 1.38 bits per heavy atom. The van der Waals surface area contributed by atoms with Crippen molar-refractivity contribution in [3.05, 3.63) is 0 Å². The zero-order valence-electron chi connectivity index (χ0n) is 8.35. The number of hydrogen-bond acceptors (Lipinski definition) is 1. The monoisotopic (exact) mass is 218 g/mol. The molecule has 1 rings (SSSR count). The van der Waals surface area contributed by atoms with Crippen LogP contribution < -0.4 is 0 Å². The zero-order chi connectivity index (χ0) is 9.84. The summed E-state index contributed by atoms with van der Waals surface area (Å²) in [5.74, 6) is 0.253. The summed E-state index contributed by atoms with van der Waals surface area (Å²) in [6.45, 7) is 5.17. The lowest BCUT2D eigenvalue weighted by Gasteiger charge is -2.28. The molecule has 1 amide bonds. The Kier molecular flexibility index (Phi) is 4.26. The third-order valence-electron chi connectivity index (χ3n) is 2.36. The SMILES string of the molecule is C[Si](C)C(Cl)N1CCCCCC1=O. The van der Waals surface area contributed by atoms with Gasteiger partial charge in [0.05, 0.1) is 13.9 Å². The van der Waals surface area contributed by atoms with E-state index in [9.17, 15) is 4.79 Å². The highest BCUT2D eigenvalue weighted by atomic mass is 35.5. The van der Waals surface area contributed by atoms with Crippen LogP contribution >= 0.6 is 11.6 Å². The fourth-order valence-electron chi connectivity index (χ4n) is 1.55. The van der Waals surface area contributed by atoms with Crippen molar-refractivity contribution in [1.29, 1.82) is 0 Å². The van der Waals surface area contributed by atoms with Crippen LogP contribution in [0, 0.1) is 0 Å². The predicted octanol–water partition coefficient (Wildman–Crippen LogP) is 2.25. The van der Waals surface area contributed by atoms with Crippen molar-refractivity contribution in [1.82, 2.24) is 4.90 Å². The van der Waals surface area contributed by atoms with Gasteiger partial charge >= 0.3 is 0 Å². The third kappa shape index (κ3) is 2.99. The molecule has 2 nitrogen and oxygen atoms in total. The minimum absolute atomic E-state index is 0.0180. The van der Waals surface area contributed by atoms with Crippen LogP contribution in [0.1, 0.15) is 25.7 Å². The minimum Gasteiger partial charge on any atom is -0.330 e. The van der Waals surface area contributed by atoms with E-state index in [0.717, 1.165) is 19.4 Å². The van der Waals surface area contributed by atoms with Crippen LogP contribution in [0.2, 0.25) is 13.1 Å². The first-order valence-corrected chi connectivity index (χ1v) is 7.88. The topological polar surface area (TPSA) is 20.3 Å². The van der Waals surface area contributed by atoms with Gasteiger partial charge in [-0.1, -0.05) is 19.5 Å². The normalized spacial score (nSPS) is 21.8. The maximum Gasteiger partial charge on any atom is 0.223 e. The molecule has 75 valence electrons. The van der Waals surface area contributed by atoms with E-state index < -0.39 is 8.80 Å². The van der Waals surface area contributed by atoms with Gasteiger partial charge in [-0.2, -0.15) is 0 Å². The van der Waals surface area contributed by atoms with Crippen molar-refractivity contribution >= 4 is 26.3 Å². The molecule has 1 unspecified atom stereocenters. The Balaban J connectivity index is 2.58. The highest BCUT2D eigenvalue weighted by molar-refractivity contribution is 6.67. The van der Waals surface area contributed by atoms with Gasteiger partial charge in [-0.05, 0) is 12.8 Å².